The number of aromatic amines is 2. The van der Waals surface area contributed by atoms with Gasteiger partial charge < -0.3 is 9.51 Å². The fraction of sp³-hybridized carbons (Fsp3) is 0.333. The summed E-state index contributed by atoms with van der Waals surface area (Å²) in [6.45, 7) is 76.9. The largest absolute Gasteiger partial charge is 0.364 e. The van der Waals surface area contributed by atoms with Crippen LogP contribution in [0.1, 0.15) is 256 Å². The third kappa shape index (κ3) is 55.0. The second-order valence-electron chi connectivity index (χ2n) is 30.8. The Balaban J connectivity index is -0.00000153. The first kappa shape index (κ1) is 138. The van der Waals surface area contributed by atoms with Crippen molar-refractivity contribution in [2.75, 3.05) is 11.5 Å². The van der Waals surface area contributed by atoms with Crippen molar-refractivity contribution in [1.29, 1.82) is 0 Å². The molecule has 1 fully saturated rings. The van der Waals surface area contributed by atoms with Gasteiger partial charge >= 0.3 is 5.69 Å². The van der Waals surface area contributed by atoms with Crippen LogP contribution in [0.15, 0.2) is 360 Å². The highest BCUT2D eigenvalue weighted by molar-refractivity contribution is 7.99. The first-order valence-electron chi connectivity index (χ1n) is 53.0. The highest BCUT2D eigenvalue weighted by Crippen LogP contribution is 2.24. The Hall–Kier alpha value is -14.0. The third-order valence-corrected chi connectivity index (χ3v) is 21.3. The van der Waals surface area contributed by atoms with Crippen LogP contribution in [0.5, 0.6) is 0 Å². The van der Waals surface area contributed by atoms with E-state index in [0.717, 1.165) is 78.0 Å². The van der Waals surface area contributed by atoms with E-state index >= 15 is 0 Å². The topological polar surface area (TPSA) is 218 Å². The molecule has 0 bridgehead atoms. The Bertz CT molecular complexity index is 6290. The van der Waals surface area contributed by atoms with Gasteiger partial charge in [-0.15, -0.1) is 11.3 Å². The minimum Gasteiger partial charge on any atom is -0.364 e. The molecule has 1 saturated heterocycles. The average Bonchev–Trinajstić information content (AvgIpc) is 1.05. The van der Waals surface area contributed by atoms with E-state index in [2.05, 4.69) is 311 Å². The lowest BCUT2D eigenvalue weighted by Gasteiger charge is -2.17. The van der Waals surface area contributed by atoms with E-state index in [1.54, 1.807) is 42.6 Å². The van der Waals surface area contributed by atoms with Crippen LogP contribution in [0.3, 0.4) is 0 Å². The number of H-pyrrole nitrogens is 2. The second kappa shape index (κ2) is 87.2. The van der Waals surface area contributed by atoms with Crippen molar-refractivity contribution in [3.05, 3.63) is 423 Å². The summed E-state index contributed by atoms with van der Waals surface area (Å²) < 4.78 is 8.03. The monoisotopic (exact) mass is 2040 g/mol. The van der Waals surface area contributed by atoms with Crippen LogP contribution >= 0.6 is 23.1 Å². The maximum atomic E-state index is 11.2. The minimum absolute atomic E-state index is 0.00583. The molecule has 1 aliphatic rings. The smallest absolute Gasteiger partial charge is 0.347 e. The molecule has 1 unspecified atom stereocenters. The molecule has 0 saturated carbocycles. The lowest BCUT2D eigenvalue weighted by atomic mass is 10.1. The van der Waals surface area contributed by atoms with Gasteiger partial charge in [0.2, 0.25) is 0 Å². The molecule has 0 radical (unpaired) electrons. The van der Waals surface area contributed by atoms with Gasteiger partial charge in [-0.05, 0) is 241 Å². The van der Waals surface area contributed by atoms with E-state index in [4.69, 9.17) is 4.52 Å². The van der Waals surface area contributed by atoms with Gasteiger partial charge in [-0.25, -0.2) is 24.1 Å². The Morgan fingerprint density at radius 3 is 1.43 bits per heavy atom. The number of rotatable bonds is 2. The van der Waals surface area contributed by atoms with E-state index in [1.165, 1.54) is 105 Å². The van der Waals surface area contributed by atoms with Gasteiger partial charge in [-0.1, -0.05) is 395 Å². The fourth-order valence-electron chi connectivity index (χ4n) is 12.3. The first-order chi connectivity index (χ1) is 72.0. The first-order valence-corrected chi connectivity index (χ1v) is 55.1. The number of nitrogens with one attached hydrogen (secondary N) is 2. The lowest BCUT2D eigenvalue weighted by molar-refractivity contribution is 0.354. The van der Waals surface area contributed by atoms with Crippen molar-refractivity contribution in [1.82, 2.24) is 69.6 Å². The molecule has 2 N–H and O–H groups in total. The van der Waals surface area contributed by atoms with Crippen LogP contribution in [-0.4, -0.2) is 81.1 Å². The van der Waals surface area contributed by atoms with E-state index < -0.39 is 0 Å². The van der Waals surface area contributed by atoms with Crippen molar-refractivity contribution < 1.29 is 4.52 Å². The minimum atomic E-state index is -0.219. The number of para-hydroxylation sites is 3. The molecule has 17 nitrogen and oxygen atoms in total. The molecule has 148 heavy (non-hydrogen) atoms. The van der Waals surface area contributed by atoms with E-state index in [9.17, 15) is 9.59 Å². The number of pyridine rings is 6. The number of benzene rings is 10. The summed E-state index contributed by atoms with van der Waals surface area (Å²) in [5.74, 6) is 3.82. The molecule has 10 aromatic carbocycles. The van der Waals surface area contributed by atoms with Crippen molar-refractivity contribution in [3.8, 4) is 16.8 Å². The number of hydrogen-bond acceptors (Lipinski definition) is 15. The molecule has 20 aromatic rings. The van der Waals surface area contributed by atoms with Crippen molar-refractivity contribution >= 4 is 99.2 Å². The maximum Gasteiger partial charge on any atom is 0.347 e. The molecule has 21 rings (SSSR count). The van der Waals surface area contributed by atoms with Crippen LogP contribution in [0, 0.1) is 75.2 Å². The zero-order valence-electron chi connectivity index (χ0n) is 97.0. The molecule has 1 atom stereocenters. The molecule has 0 spiro atoms. The molecule has 1 aliphatic heterocycles. The van der Waals surface area contributed by atoms with E-state index in [1.807, 2.05) is 337 Å². The maximum absolute atomic E-state index is 11.2. The van der Waals surface area contributed by atoms with Crippen molar-refractivity contribution in [3.63, 3.8) is 0 Å². The van der Waals surface area contributed by atoms with Crippen LogP contribution in [0.2, 0.25) is 0 Å². The molecular formula is C129H180N14O3S2. The molecular weight excluding hydrogens is 1860 g/mol. The second-order valence-corrected chi connectivity index (χ2v) is 32.7. The Morgan fingerprint density at radius 1 is 0.385 bits per heavy atom. The quantitative estimate of drug-likeness (QED) is 0.165. The highest BCUT2D eigenvalue weighted by atomic mass is 32.2. The Kier molecular flexibility index (Phi) is 81.4. The predicted molar refractivity (Wildman–Crippen MR) is 655 cm³/mol. The number of thioether (sulfide) groups is 1. The molecule has 19 heteroatoms. The summed E-state index contributed by atoms with van der Waals surface area (Å²) >= 11 is 3.71. The van der Waals surface area contributed by atoms with Crippen molar-refractivity contribution in [2.24, 2.45) is 5.92 Å². The number of nitrogens with zero attached hydrogens (tertiary/aromatic N) is 12. The van der Waals surface area contributed by atoms with Crippen LogP contribution < -0.4 is 11.2 Å². The van der Waals surface area contributed by atoms with Crippen LogP contribution in [0.4, 0.5) is 0 Å². The standard InChI is InChI=1S/2C11H10.2C10H9NO.3C10H9N.C9H9N3O.C9H8N2.C6H11N3.C5H10S.C4H5NS.12C2H6/c1-9-5-4-7-10-6-2-3-8-11(9)10;1-9-6-7-10-4-2-3-5-11(10)8-9;1-8-2-4-9(5-3-8)10-6-11-12-7-10;1-7-6-8-4-2-3-5-9(8)11-10(7)12;1-8-4-2-5-9-6-3-7-11-10(8)9;1-8-4-5-9-3-2-6-11-10(9)7-8;1-8-6-9-4-2-3-5-10(9)11-7-8;1-7-2-4-8(5-3-7)12-6-10-11-9(12)13;1-7-2-3-8-6-10-5-4-9(8)11-7;1-6(2,3)9-5-7-4-8-9;1-5-2-3-6-4-5;1-4-2-6-3-5-4;12*1-2/h2*2-8H,1H3;2-7H,1H3;2-6H,1H3,(H,11,12);3*2-7H,1H3;2-6H,1H3,(H,11,13);2-6H,1H3;4-5H,1-3H3;5H,2-4H2,1H3;2-3H,1H3;12*1-2H3. The van der Waals surface area contributed by atoms with Gasteiger partial charge in [0.05, 0.1) is 45.0 Å². The van der Waals surface area contributed by atoms with Gasteiger partial charge in [-0.3, -0.25) is 34.7 Å². The summed E-state index contributed by atoms with van der Waals surface area (Å²) in [4.78, 5) is 54.0. The Labute approximate surface area is 899 Å². The number of aryl methyl sites for hydroxylation is 10. The van der Waals surface area contributed by atoms with Crippen LogP contribution in [0.25, 0.3) is 92.9 Å². The molecule has 0 amide bonds. The van der Waals surface area contributed by atoms with Gasteiger partial charge in [-0.2, -0.15) is 22.0 Å². The normalized spacial score (nSPS) is 10.1. The van der Waals surface area contributed by atoms with Crippen LogP contribution in [-0.2, 0) is 5.54 Å². The van der Waals surface area contributed by atoms with Gasteiger partial charge in [0, 0.05) is 85.9 Å². The summed E-state index contributed by atoms with van der Waals surface area (Å²) in [6, 6.07) is 92.1. The zero-order valence-corrected chi connectivity index (χ0v) is 98.6. The van der Waals surface area contributed by atoms with E-state index in [-0.39, 0.29) is 16.8 Å². The van der Waals surface area contributed by atoms with Gasteiger partial charge in [0.15, 0.2) is 0 Å². The number of hydrogen-bond donors (Lipinski definition) is 2. The summed E-state index contributed by atoms with van der Waals surface area (Å²) in [6.07, 6.45) is 18.7. The summed E-state index contributed by atoms with van der Waals surface area (Å²) in [5, 5.41) is 26.8. The van der Waals surface area contributed by atoms with Gasteiger partial charge in [0.25, 0.3) is 5.56 Å². The SMILES string of the molecule is CC.CC.CC.CC.CC.CC.CC.CC.CC.CC.CC.CC.CC(C)(C)n1cncn1.CC1CCSC1.Cc1cc2ccccc2[nH]c1=O.Cc1ccc(-c2cnoc2)cc1.Cc1ccc(-n2cn[nH]c2=O)cc1.Cc1ccc2ccccc2c1.Cc1ccc2cccnc2c1.Cc1ccc2cnccc2n1.Cc1cccc2ccccc12.Cc1cccc2cccnc12.Cc1cnc2ccccc2c1.Cc1cscn1. The number of fused-ring (bicyclic) bond motifs is 7. The van der Waals surface area contributed by atoms with E-state index in [0.29, 0.717) is 0 Å². The van der Waals surface area contributed by atoms with Crippen molar-refractivity contribution in [2.45, 2.75) is 275 Å². The molecule has 10 aromatic heterocycles. The summed E-state index contributed by atoms with van der Waals surface area (Å²) in [5.41, 5.74) is 21.5. The zero-order chi connectivity index (χ0) is 112. The van der Waals surface area contributed by atoms with Gasteiger partial charge in [0.1, 0.15) is 25.2 Å². The average molecular weight is 2040 g/mol. The molecule has 11 heterocycles. The number of thiazole rings is 1. The predicted octanol–water partition coefficient (Wildman–Crippen LogP) is 37.8. The molecule has 0 aliphatic carbocycles. The fourth-order valence-corrected chi connectivity index (χ4v) is 14.2. The summed E-state index contributed by atoms with van der Waals surface area (Å²) in [7, 11) is 0. The molecule has 796 valence electrons. The third-order valence-electron chi connectivity index (χ3n) is 19.3. The highest BCUT2D eigenvalue weighted by Gasteiger charge is 2.12. The lowest BCUT2D eigenvalue weighted by Crippen LogP contribution is -2.21. The number of aromatic nitrogens is 14. The Morgan fingerprint density at radius 2 is 0.905 bits per heavy atom.